The molecule has 0 fully saturated rings. The van der Waals surface area contributed by atoms with E-state index in [0.717, 1.165) is 4.90 Å². The van der Waals surface area contributed by atoms with Gasteiger partial charge >= 0.3 is 0 Å². The number of nitrogens with one attached hydrogen (secondary N) is 1. The van der Waals surface area contributed by atoms with E-state index in [4.69, 9.17) is 14.2 Å². The smallest absolute Gasteiger partial charge is 0.282 e. The summed E-state index contributed by atoms with van der Waals surface area (Å²) in [5.74, 6) is 0.868. The molecular formula is C27H26N2O5. The molecule has 0 spiro atoms. The third-order valence-corrected chi connectivity index (χ3v) is 5.28. The molecule has 3 aromatic carbocycles. The molecule has 1 aliphatic heterocycles. The molecule has 2 amide bonds. The van der Waals surface area contributed by atoms with Gasteiger partial charge in [-0.3, -0.25) is 9.59 Å². The average Bonchev–Trinajstić information content (AvgIpc) is 3.09. The molecule has 4 rings (SSSR count). The molecule has 34 heavy (non-hydrogen) atoms. The van der Waals surface area contributed by atoms with Gasteiger partial charge in [-0.2, -0.15) is 0 Å². The normalized spacial score (nSPS) is 13.5. The first-order chi connectivity index (χ1) is 16.4. The Balaban J connectivity index is 1.77. The first kappa shape index (κ1) is 22.9. The van der Waals surface area contributed by atoms with Gasteiger partial charge in [-0.05, 0) is 55.8 Å². The van der Waals surface area contributed by atoms with Crippen molar-refractivity contribution in [3.63, 3.8) is 0 Å². The molecule has 0 saturated heterocycles. The number of hydrogen-bond donors (Lipinski definition) is 1. The minimum Gasteiger partial charge on any atom is -0.497 e. The first-order valence-corrected chi connectivity index (χ1v) is 10.9. The van der Waals surface area contributed by atoms with Gasteiger partial charge in [0.05, 0.1) is 37.3 Å². The zero-order valence-corrected chi connectivity index (χ0v) is 19.5. The lowest BCUT2D eigenvalue weighted by Gasteiger charge is -2.17. The van der Waals surface area contributed by atoms with Gasteiger partial charge in [0.15, 0.2) is 0 Å². The summed E-state index contributed by atoms with van der Waals surface area (Å²) in [6, 6.07) is 21.2. The maximum absolute atomic E-state index is 13.6. The number of carbonyl (C=O) groups is 2. The molecule has 0 radical (unpaired) electrons. The van der Waals surface area contributed by atoms with Crippen molar-refractivity contribution in [3.05, 3.63) is 84.1 Å². The molecule has 0 unspecified atom stereocenters. The van der Waals surface area contributed by atoms with E-state index in [1.54, 1.807) is 61.7 Å². The van der Waals surface area contributed by atoms with Crippen molar-refractivity contribution < 1.29 is 23.8 Å². The lowest BCUT2D eigenvalue weighted by atomic mass is 10.0. The number of carbonyl (C=O) groups excluding carboxylic acids is 2. The van der Waals surface area contributed by atoms with Crippen molar-refractivity contribution in [2.45, 2.75) is 20.0 Å². The number of ether oxygens (including phenoxy) is 3. The molecular weight excluding hydrogens is 432 g/mol. The Hall–Kier alpha value is -4.26. The van der Waals surface area contributed by atoms with Crippen LogP contribution in [0.2, 0.25) is 0 Å². The van der Waals surface area contributed by atoms with Crippen molar-refractivity contribution in [1.29, 1.82) is 0 Å². The molecule has 1 aliphatic rings. The van der Waals surface area contributed by atoms with E-state index in [1.165, 1.54) is 7.11 Å². The van der Waals surface area contributed by atoms with Crippen LogP contribution in [0.1, 0.15) is 19.4 Å². The van der Waals surface area contributed by atoms with Crippen LogP contribution in [0, 0.1) is 0 Å². The minimum absolute atomic E-state index is 0.0147. The quantitative estimate of drug-likeness (QED) is 0.485. The molecule has 1 heterocycles. The number of imide groups is 1. The Bertz CT molecular complexity index is 1230. The molecule has 7 heteroatoms. The van der Waals surface area contributed by atoms with E-state index in [-0.39, 0.29) is 17.4 Å². The van der Waals surface area contributed by atoms with Crippen molar-refractivity contribution in [3.8, 4) is 17.2 Å². The first-order valence-electron chi connectivity index (χ1n) is 10.9. The van der Waals surface area contributed by atoms with E-state index in [9.17, 15) is 9.59 Å². The zero-order valence-electron chi connectivity index (χ0n) is 19.5. The maximum atomic E-state index is 13.6. The van der Waals surface area contributed by atoms with Gasteiger partial charge in [-0.15, -0.1) is 0 Å². The monoisotopic (exact) mass is 458 g/mol. The Labute approximate surface area is 198 Å². The summed E-state index contributed by atoms with van der Waals surface area (Å²) in [6.45, 7) is 3.87. The topological polar surface area (TPSA) is 77.1 Å². The van der Waals surface area contributed by atoms with Gasteiger partial charge in [0.2, 0.25) is 0 Å². The van der Waals surface area contributed by atoms with Crippen LogP contribution in [0.5, 0.6) is 17.2 Å². The predicted molar refractivity (Wildman–Crippen MR) is 131 cm³/mol. The van der Waals surface area contributed by atoms with E-state index < -0.39 is 11.8 Å². The fraction of sp³-hybridized carbons (Fsp3) is 0.185. The molecule has 0 saturated carbocycles. The molecule has 1 N–H and O–H groups in total. The highest BCUT2D eigenvalue weighted by Crippen LogP contribution is 2.37. The molecule has 0 bridgehead atoms. The second-order valence-corrected chi connectivity index (χ2v) is 7.91. The van der Waals surface area contributed by atoms with E-state index in [0.29, 0.717) is 34.2 Å². The second-order valence-electron chi connectivity index (χ2n) is 7.91. The SMILES string of the molecule is COc1ccc(OC)c(NC2=C(c3ccccc3)C(=O)N(c3ccc(OC(C)C)cc3)C2=O)c1. The third-order valence-electron chi connectivity index (χ3n) is 5.28. The molecule has 3 aromatic rings. The van der Waals surface area contributed by atoms with Gasteiger partial charge < -0.3 is 19.5 Å². The van der Waals surface area contributed by atoms with Crippen LogP contribution in [-0.2, 0) is 9.59 Å². The number of hydrogen-bond acceptors (Lipinski definition) is 6. The van der Waals surface area contributed by atoms with E-state index >= 15 is 0 Å². The van der Waals surface area contributed by atoms with Gasteiger partial charge in [0.25, 0.3) is 11.8 Å². The van der Waals surface area contributed by atoms with Gasteiger partial charge in [-0.25, -0.2) is 4.90 Å². The molecule has 0 atom stereocenters. The Morgan fingerprint density at radius 3 is 2.09 bits per heavy atom. The summed E-state index contributed by atoms with van der Waals surface area (Å²) >= 11 is 0. The summed E-state index contributed by atoms with van der Waals surface area (Å²) < 4.78 is 16.5. The molecule has 0 aromatic heterocycles. The summed E-state index contributed by atoms with van der Waals surface area (Å²) in [4.78, 5) is 28.3. The molecule has 7 nitrogen and oxygen atoms in total. The second kappa shape index (κ2) is 9.70. The van der Waals surface area contributed by atoms with Gasteiger partial charge in [0.1, 0.15) is 22.9 Å². The summed E-state index contributed by atoms with van der Waals surface area (Å²) in [6.07, 6.45) is 0.0147. The van der Waals surface area contributed by atoms with Gasteiger partial charge in [-0.1, -0.05) is 30.3 Å². The number of methoxy groups -OCH3 is 2. The predicted octanol–water partition coefficient (Wildman–Crippen LogP) is 4.89. The summed E-state index contributed by atoms with van der Waals surface area (Å²) in [7, 11) is 3.09. The zero-order chi connectivity index (χ0) is 24.2. The van der Waals surface area contributed by atoms with E-state index in [2.05, 4.69) is 5.32 Å². The average molecular weight is 459 g/mol. The van der Waals surface area contributed by atoms with Crippen LogP contribution in [0.4, 0.5) is 11.4 Å². The highest BCUT2D eigenvalue weighted by atomic mass is 16.5. The number of amides is 2. The van der Waals surface area contributed by atoms with Crippen LogP contribution in [0.3, 0.4) is 0 Å². The van der Waals surface area contributed by atoms with Crippen molar-refractivity contribution >= 4 is 28.8 Å². The molecule has 0 aliphatic carbocycles. The Morgan fingerprint density at radius 2 is 1.47 bits per heavy atom. The Kier molecular flexibility index (Phi) is 6.54. The minimum atomic E-state index is -0.466. The fourth-order valence-electron chi connectivity index (χ4n) is 3.75. The lowest BCUT2D eigenvalue weighted by Crippen LogP contribution is -2.32. The number of rotatable bonds is 8. The fourth-order valence-corrected chi connectivity index (χ4v) is 3.75. The van der Waals surface area contributed by atoms with E-state index in [1.807, 2.05) is 32.0 Å². The summed E-state index contributed by atoms with van der Waals surface area (Å²) in [5.41, 5.74) is 2.03. The Morgan fingerprint density at radius 1 is 0.794 bits per heavy atom. The van der Waals surface area contributed by atoms with Gasteiger partial charge in [0, 0.05) is 6.07 Å². The summed E-state index contributed by atoms with van der Waals surface area (Å²) in [5, 5.41) is 3.14. The number of benzene rings is 3. The van der Waals surface area contributed by atoms with Crippen LogP contribution < -0.4 is 24.4 Å². The highest BCUT2D eigenvalue weighted by molar-refractivity contribution is 6.46. The highest BCUT2D eigenvalue weighted by Gasteiger charge is 2.40. The van der Waals surface area contributed by atoms with Crippen LogP contribution in [-0.4, -0.2) is 32.1 Å². The number of nitrogens with zero attached hydrogens (tertiary/aromatic N) is 1. The lowest BCUT2D eigenvalue weighted by molar-refractivity contribution is -0.120. The largest absolute Gasteiger partial charge is 0.497 e. The van der Waals surface area contributed by atoms with Crippen LogP contribution >= 0.6 is 0 Å². The maximum Gasteiger partial charge on any atom is 0.282 e. The third kappa shape index (κ3) is 4.45. The standard InChI is InChI=1S/C27H26N2O5/c1-17(2)34-20-12-10-19(11-13-20)29-26(30)24(18-8-6-5-7-9-18)25(27(29)31)28-22-16-21(32-3)14-15-23(22)33-4/h5-17,28H,1-4H3. The number of anilines is 2. The van der Waals surface area contributed by atoms with Crippen molar-refractivity contribution in [2.75, 3.05) is 24.4 Å². The molecule has 174 valence electrons. The van der Waals surface area contributed by atoms with Crippen LogP contribution in [0.15, 0.2) is 78.5 Å². The van der Waals surface area contributed by atoms with Crippen molar-refractivity contribution in [2.24, 2.45) is 0 Å². The van der Waals surface area contributed by atoms with Crippen molar-refractivity contribution in [1.82, 2.24) is 0 Å². The van der Waals surface area contributed by atoms with Crippen LogP contribution in [0.25, 0.3) is 5.57 Å².